The van der Waals surface area contributed by atoms with E-state index in [0.29, 0.717) is 5.92 Å². The Balaban J connectivity index is 1.98. The number of rotatable bonds is 7. The summed E-state index contributed by atoms with van der Waals surface area (Å²) >= 11 is 0. The molecule has 0 bridgehead atoms. The smallest absolute Gasteiger partial charge is 0.119 e. The molecule has 2 heteroatoms. The molecule has 0 aliphatic heterocycles. The summed E-state index contributed by atoms with van der Waals surface area (Å²) in [7, 11) is 0. The van der Waals surface area contributed by atoms with E-state index in [1.807, 2.05) is 6.07 Å². The van der Waals surface area contributed by atoms with Crippen molar-refractivity contribution in [3.8, 4) is 5.75 Å². The van der Waals surface area contributed by atoms with Gasteiger partial charge in [0.2, 0.25) is 0 Å². The summed E-state index contributed by atoms with van der Waals surface area (Å²) in [6, 6.07) is 12.8. The fourth-order valence-corrected chi connectivity index (χ4v) is 2.81. The fraction of sp³-hybridized carbons (Fsp3) is 0.429. The van der Waals surface area contributed by atoms with Crippen LogP contribution < -0.4 is 10.1 Å². The molecule has 0 amide bonds. The summed E-state index contributed by atoms with van der Waals surface area (Å²) < 4.78 is 5.84. The number of hydrogen-bond acceptors (Lipinski definition) is 2. The Morgan fingerprint density at radius 3 is 2.35 bits per heavy atom. The number of anilines is 1. The minimum atomic E-state index is 0.673. The molecule has 0 spiro atoms. The summed E-state index contributed by atoms with van der Waals surface area (Å²) in [6.45, 7) is 12.5. The fourth-order valence-electron chi connectivity index (χ4n) is 2.81. The predicted octanol–water partition coefficient (Wildman–Crippen LogP) is 5.65. The summed E-state index contributed by atoms with van der Waals surface area (Å²) in [5, 5.41) is 3.57. The van der Waals surface area contributed by atoms with Crippen molar-refractivity contribution in [3.05, 3.63) is 58.7 Å². The first kappa shape index (κ1) is 17.4. The van der Waals surface area contributed by atoms with Crippen LogP contribution in [0.5, 0.6) is 5.75 Å². The van der Waals surface area contributed by atoms with Gasteiger partial charge in [0.25, 0.3) is 0 Å². The van der Waals surface area contributed by atoms with Crippen LogP contribution in [0.4, 0.5) is 5.69 Å². The monoisotopic (exact) mass is 311 g/mol. The molecule has 0 radical (unpaired) electrons. The zero-order valence-corrected chi connectivity index (χ0v) is 15.1. The van der Waals surface area contributed by atoms with Crippen LogP contribution in [0.25, 0.3) is 0 Å². The Hall–Kier alpha value is -1.96. The Morgan fingerprint density at radius 1 is 1.00 bits per heavy atom. The van der Waals surface area contributed by atoms with Gasteiger partial charge in [-0.3, -0.25) is 0 Å². The number of ether oxygens (including phenoxy) is 1. The topological polar surface area (TPSA) is 21.3 Å². The van der Waals surface area contributed by atoms with Crippen LogP contribution in [-0.4, -0.2) is 6.61 Å². The summed E-state index contributed by atoms with van der Waals surface area (Å²) in [6.07, 6.45) is 1.09. The Labute approximate surface area is 140 Å². The van der Waals surface area contributed by atoms with Crippen LogP contribution in [0.3, 0.4) is 0 Å². The van der Waals surface area contributed by atoms with Gasteiger partial charge in [-0.1, -0.05) is 43.7 Å². The third-order valence-electron chi connectivity index (χ3n) is 4.01. The van der Waals surface area contributed by atoms with Crippen molar-refractivity contribution in [2.45, 2.75) is 47.6 Å². The Kier molecular flexibility index (Phi) is 6.09. The van der Waals surface area contributed by atoms with E-state index in [4.69, 9.17) is 4.74 Å². The van der Waals surface area contributed by atoms with E-state index in [9.17, 15) is 0 Å². The second-order valence-corrected chi connectivity index (χ2v) is 6.81. The molecule has 124 valence electrons. The highest BCUT2D eigenvalue weighted by atomic mass is 16.5. The van der Waals surface area contributed by atoms with Crippen molar-refractivity contribution in [2.24, 2.45) is 5.92 Å². The van der Waals surface area contributed by atoms with E-state index < -0.39 is 0 Å². The molecule has 0 saturated carbocycles. The first-order chi connectivity index (χ1) is 11.0. The van der Waals surface area contributed by atoms with E-state index in [0.717, 1.165) is 25.3 Å². The van der Waals surface area contributed by atoms with Crippen molar-refractivity contribution in [3.63, 3.8) is 0 Å². The highest BCUT2D eigenvalue weighted by Crippen LogP contribution is 2.23. The maximum atomic E-state index is 5.84. The van der Waals surface area contributed by atoms with Gasteiger partial charge in [0.05, 0.1) is 6.61 Å². The standard InChI is InChI=1S/C21H29NO/c1-15(2)9-10-23-20-8-6-7-19(13-20)14-22-21-17(4)11-16(3)12-18(21)5/h6-8,11-13,15,22H,9-10,14H2,1-5H3. The molecule has 2 aromatic carbocycles. The minimum absolute atomic E-state index is 0.673. The lowest BCUT2D eigenvalue weighted by atomic mass is 10.0. The maximum absolute atomic E-state index is 5.84. The normalized spacial score (nSPS) is 10.9. The van der Waals surface area contributed by atoms with E-state index in [1.54, 1.807) is 0 Å². The third-order valence-corrected chi connectivity index (χ3v) is 4.01. The van der Waals surface area contributed by atoms with Crippen LogP contribution in [0.15, 0.2) is 36.4 Å². The molecule has 0 aromatic heterocycles. The largest absolute Gasteiger partial charge is 0.494 e. The maximum Gasteiger partial charge on any atom is 0.119 e. The molecule has 1 N–H and O–H groups in total. The van der Waals surface area contributed by atoms with Crippen molar-refractivity contribution < 1.29 is 4.74 Å². The average molecular weight is 311 g/mol. The highest BCUT2D eigenvalue weighted by molar-refractivity contribution is 5.58. The molecule has 0 saturated heterocycles. The van der Waals surface area contributed by atoms with Gasteiger partial charge in [-0.15, -0.1) is 0 Å². The zero-order chi connectivity index (χ0) is 16.8. The van der Waals surface area contributed by atoms with Crippen LogP contribution in [0, 0.1) is 26.7 Å². The van der Waals surface area contributed by atoms with E-state index in [2.05, 4.69) is 70.3 Å². The van der Waals surface area contributed by atoms with Gasteiger partial charge < -0.3 is 10.1 Å². The van der Waals surface area contributed by atoms with Gasteiger partial charge in [-0.25, -0.2) is 0 Å². The molecular weight excluding hydrogens is 282 g/mol. The highest BCUT2D eigenvalue weighted by Gasteiger charge is 2.04. The van der Waals surface area contributed by atoms with E-state index >= 15 is 0 Å². The molecule has 0 fully saturated rings. The lowest BCUT2D eigenvalue weighted by molar-refractivity contribution is 0.289. The van der Waals surface area contributed by atoms with Gasteiger partial charge >= 0.3 is 0 Å². The SMILES string of the molecule is Cc1cc(C)c(NCc2cccc(OCCC(C)C)c2)c(C)c1. The number of aryl methyl sites for hydroxylation is 3. The van der Waals surface area contributed by atoms with Crippen molar-refractivity contribution in [1.82, 2.24) is 0 Å². The zero-order valence-electron chi connectivity index (χ0n) is 15.1. The van der Waals surface area contributed by atoms with Crippen molar-refractivity contribution in [2.75, 3.05) is 11.9 Å². The second kappa shape index (κ2) is 8.05. The minimum Gasteiger partial charge on any atom is -0.494 e. The molecule has 0 aliphatic carbocycles. The Bertz CT molecular complexity index is 623. The van der Waals surface area contributed by atoms with Crippen LogP contribution >= 0.6 is 0 Å². The Morgan fingerprint density at radius 2 is 1.70 bits per heavy atom. The van der Waals surface area contributed by atoms with Gasteiger partial charge in [0, 0.05) is 12.2 Å². The van der Waals surface area contributed by atoms with Crippen LogP contribution in [0.2, 0.25) is 0 Å². The van der Waals surface area contributed by atoms with E-state index in [1.165, 1.54) is 27.9 Å². The van der Waals surface area contributed by atoms with Crippen molar-refractivity contribution in [1.29, 1.82) is 0 Å². The third kappa shape index (κ3) is 5.31. The second-order valence-electron chi connectivity index (χ2n) is 6.81. The summed E-state index contributed by atoms with van der Waals surface area (Å²) in [5.74, 6) is 1.63. The van der Waals surface area contributed by atoms with Crippen LogP contribution in [-0.2, 0) is 6.54 Å². The number of nitrogens with one attached hydrogen (secondary N) is 1. The predicted molar refractivity (Wildman–Crippen MR) is 99.4 cm³/mol. The number of benzene rings is 2. The molecule has 23 heavy (non-hydrogen) atoms. The molecular formula is C21H29NO. The summed E-state index contributed by atoms with van der Waals surface area (Å²) in [5.41, 5.74) is 6.39. The van der Waals surface area contributed by atoms with E-state index in [-0.39, 0.29) is 0 Å². The number of hydrogen-bond donors (Lipinski definition) is 1. The van der Waals surface area contributed by atoms with Gasteiger partial charge in [0.1, 0.15) is 5.75 Å². The van der Waals surface area contributed by atoms with Crippen molar-refractivity contribution >= 4 is 5.69 Å². The summed E-state index contributed by atoms with van der Waals surface area (Å²) in [4.78, 5) is 0. The lowest BCUT2D eigenvalue weighted by Crippen LogP contribution is -2.05. The van der Waals surface area contributed by atoms with Gasteiger partial charge in [-0.2, -0.15) is 0 Å². The molecule has 2 nitrogen and oxygen atoms in total. The first-order valence-electron chi connectivity index (χ1n) is 8.49. The van der Waals surface area contributed by atoms with Crippen LogP contribution in [0.1, 0.15) is 42.5 Å². The molecule has 2 aromatic rings. The average Bonchev–Trinajstić information content (AvgIpc) is 2.46. The molecule has 2 rings (SSSR count). The molecule has 0 aliphatic rings. The molecule has 0 heterocycles. The van der Waals surface area contributed by atoms with Gasteiger partial charge in [-0.05, 0) is 61.9 Å². The molecule has 0 unspecified atom stereocenters. The molecule has 0 atom stereocenters. The first-order valence-corrected chi connectivity index (χ1v) is 8.49. The quantitative estimate of drug-likeness (QED) is 0.713. The lowest BCUT2D eigenvalue weighted by Gasteiger charge is -2.15. The van der Waals surface area contributed by atoms with Gasteiger partial charge in [0.15, 0.2) is 0 Å².